The summed E-state index contributed by atoms with van der Waals surface area (Å²) in [5.74, 6) is -1.85. The molecule has 1 unspecified atom stereocenters. The molecule has 1 amide bonds. The van der Waals surface area contributed by atoms with E-state index in [4.69, 9.17) is 27.9 Å². The minimum Gasteiger partial charge on any atom is -0.380 e. The molecule has 116 valence electrons. The number of hydrogen-bond donors (Lipinski definition) is 1. The molecular formula is C12H13Cl2FN2O4. The molecule has 2 atom stereocenters. The molecule has 1 N–H and O–H groups in total. The van der Waals surface area contributed by atoms with Crippen molar-refractivity contribution in [3.05, 3.63) is 37.6 Å². The van der Waals surface area contributed by atoms with Crippen LogP contribution in [0.3, 0.4) is 0 Å². The molecule has 0 aliphatic rings. The highest BCUT2D eigenvalue weighted by Gasteiger charge is 2.28. The fourth-order valence-electron chi connectivity index (χ4n) is 1.52. The number of nitrogens with one attached hydrogen (secondary N) is 1. The van der Waals surface area contributed by atoms with Crippen LogP contribution in [0, 0.1) is 15.9 Å². The second kappa shape index (κ2) is 7.02. The van der Waals surface area contributed by atoms with E-state index in [-0.39, 0.29) is 11.7 Å². The summed E-state index contributed by atoms with van der Waals surface area (Å²) in [6.45, 7) is 3.39. The molecule has 1 aromatic carbocycles. The van der Waals surface area contributed by atoms with Crippen molar-refractivity contribution in [2.75, 3.05) is 7.11 Å². The van der Waals surface area contributed by atoms with Crippen molar-refractivity contribution in [1.82, 2.24) is 5.32 Å². The first-order valence-electron chi connectivity index (χ1n) is 5.86. The molecule has 9 heteroatoms. The smallest absolute Gasteiger partial charge is 0.310 e. The molecule has 1 rings (SSSR count). The number of halogens is 3. The maximum Gasteiger partial charge on any atom is 0.310 e. The summed E-state index contributed by atoms with van der Waals surface area (Å²) in [6, 6.07) is 0.355. The highest BCUT2D eigenvalue weighted by Crippen LogP contribution is 2.37. The first-order chi connectivity index (χ1) is 9.70. The Morgan fingerprint density at radius 1 is 1.43 bits per heavy atom. The molecule has 6 nitrogen and oxygen atoms in total. The first kappa shape index (κ1) is 17.6. The zero-order chi connectivity index (χ0) is 16.3. The number of methoxy groups -OCH3 is 1. The molecule has 0 aliphatic carbocycles. The zero-order valence-electron chi connectivity index (χ0n) is 11.4. The Bertz CT molecular complexity index is 583. The van der Waals surface area contributed by atoms with Gasteiger partial charge in [0.25, 0.3) is 5.91 Å². The van der Waals surface area contributed by atoms with Gasteiger partial charge in [-0.15, -0.1) is 0 Å². The van der Waals surface area contributed by atoms with E-state index in [2.05, 4.69) is 5.32 Å². The number of carbonyl (C=O) groups is 1. The van der Waals surface area contributed by atoms with E-state index in [1.165, 1.54) is 7.11 Å². The molecule has 0 radical (unpaired) electrons. The fourth-order valence-corrected chi connectivity index (χ4v) is 2.09. The van der Waals surface area contributed by atoms with Gasteiger partial charge in [0.2, 0.25) is 0 Å². The van der Waals surface area contributed by atoms with Crippen LogP contribution in [-0.2, 0) is 4.74 Å². The number of amides is 1. The Morgan fingerprint density at radius 2 is 2.00 bits per heavy atom. The Kier molecular flexibility index (Phi) is 5.88. The van der Waals surface area contributed by atoms with Crippen LogP contribution in [0.1, 0.15) is 24.2 Å². The van der Waals surface area contributed by atoms with E-state index in [0.29, 0.717) is 0 Å². The molecule has 0 bridgehead atoms. The molecule has 0 aromatic heterocycles. The van der Waals surface area contributed by atoms with Crippen LogP contribution in [-0.4, -0.2) is 30.1 Å². The minimum absolute atomic E-state index is 0.306. The third kappa shape index (κ3) is 3.81. The number of rotatable bonds is 5. The highest BCUT2D eigenvalue weighted by atomic mass is 35.5. The number of nitro groups is 1. The highest BCUT2D eigenvalue weighted by molar-refractivity contribution is 6.40. The van der Waals surface area contributed by atoms with Gasteiger partial charge >= 0.3 is 5.69 Å². The van der Waals surface area contributed by atoms with Crippen LogP contribution in [0.15, 0.2) is 6.07 Å². The molecule has 1 aromatic rings. The lowest BCUT2D eigenvalue weighted by molar-refractivity contribution is -0.384. The first-order valence-corrected chi connectivity index (χ1v) is 6.61. The van der Waals surface area contributed by atoms with Crippen LogP contribution in [0.5, 0.6) is 0 Å². The van der Waals surface area contributed by atoms with E-state index >= 15 is 0 Å². The summed E-state index contributed by atoms with van der Waals surface area (Å²) >= 11 is 11.3. The third-order valence-corrected chi connectivity index (χ3v) is 3.74. The molecule has 0 fully saturated rings. The van der Waals surface area contributed by atoms with Crippen LogP contribution >= 0.6 is 23.2 Å². The van der Waals surface area contributed by atoms with Crippen LogP contribution in [0.4, 0.5) is 10.1 Å². The second-order valence-corrected chi connectivity index (χ2v) is 5.10. The van der Waals surface area contributed by atoms with Crippen molar-refractivity contribution in [3.8, 4) is 0 Å². The number of nitro benzene ring substituents is 1. The molecule has 0 saturated carbocycles. The summed E-state index contributed by atoms with van der Waals surface area (Å²) < 4.78 is 18.6. The topological polar surface area (TPSA) is 81.5 Å². The lowest BCUT2D eigenvalue weighted by Crippen LogP contribution is -2.40. The molecule has 0 heterocycles. The van der Waals surface area contributed by atoms with Crippen molar-refractivity contribution in [2.24, 2.45) is 0 Å². The Hall–Kier alpha value is -1.44. The predicted octanol–water partition coefficient (Wildman–Crippen LogP) is 3.19. The number of ether oxygens (including phenoxy) is 1. The molecular weight excluding hydrogens is 326 g/mol. The fraction of sp³-hybridized carbons (Fsp3) is 0.417. The lowest BCUT2D eigenvalue weighted by atomic mass is 10.1. The maximum absolute atomic E-state index is 13.6. The van der Waals surface area contributed by atoms with Crippen molar-refractivity contribution >= 4 is 34.8 Å². The van der Waals surface area contributed by atoms with Gasteiger partial charge < -0.3 is 10.1 Å². The normalized spacial score (nSPS) is 13.6. The van der Waals surface area contributed by atoms with Crippen LogP contribution in [0.2, 0.25) is 10.0 Å². The van der Waals surface area contributed by atoms with Gasteiger partial charge in [-0.25, -0.2) is 4.39 Å². The van der Waals surface area contributed by atoms with Gasteiger partial charge in [-0.1, -0.05) is 23.2 Å². The summed E-state index contributed by atoms with van der Waals surface area (Å²) in [6.07, 6.45) is -0.306. The Labute approximate surface area is 130 Å². The van der Waals surface area contributed by atoms with E-state index < -0.39 is 38.4 Å². The van der Waals surface area contributed by atoms with Gasteiger partial charge in [-0.2, -0.15) is 0 Å². The van der Waals surface area contributed by atoms with Crippen molar-refractivity contribution in [1.29, 1.82) is 0 Å². The SMILES string of the molecule is COC(C)[C@H](C)NC(=O)c1cc(F)c(Cl)c([N+](=O)[O-])c1Cl. The third-order valence-electron chi connectivity index (χ3n) is 2.99. The van der Waals surface area contributed by atoms with Crippen molar-refractivity contribution in [2.45, 2.75) is 26.0 Å². The second-order valence-electron chi connectivity index (χ2n) is 4.34. The molecule has 0 aliphatic heterocycles. The van der Waals surface area contributed by atoms with E-state index in [0.717, 1.165) is 6.07 Å². The summed E-state index contributed by atoms with van der Waals surface area (Å²) in [4.78, 5) is 22.0. The summed E-state index contributed by atoms with van der Waals surface area (Å²) in [7, 11) is 1.47. The van der Waals surface area contributed by atoms with Gasteiger partial charge in [0.15, 0.2) is 5.02 Å². The average Bonchev–Trinajstić information content (AvgIpc) is 2.41. The molecule has 21 heavy (non-hydrogen) atoms. The van der Waals surface area contributed by atoms with Gasteiger partial charge in [-0.05, 0) is 19.9 Å². The van der Waals surface area contributed by atoms with Crippen LogP contribution in [0.25, 0.3) is 0 Å². The summed E-state index contributed by atoms with van der Waals surface area (Å²) in [5, 5.41) is 12.1. The van der Waals surface area contributed by atoms with E-state index in [1.807, 2.05) is 0 Å². The average molecular weight is 339 g/mol. The zero-order valence-corrected chi connectivity index (χ0v) is 13.0. The quantitative estimate of drug-likeness (QED) is 0.507. The van der Waals surface area contributed by atoms with Gasteiger partial charge in [-0.3, -0.25) is 14.9 Å². The number of benzene rings is 1. The molecule has 0 saturated heterocycles. The monoisotopic (exact) mass is 338 g/mol. The maximum atomic E-state index is 13.6. The number of carbonyl (C=O) groups excluding carboxylic acids is 1. The Morgan fingerprint density at radius 3 is 2.48 bits per heavy atom. The standard InChI is InChI=1S/C12H13Cl2FN2O4/c1-5(6(2)21-3)16-12(18)7-4-8(15)10(14)11(9(7)13)17(19)20/h4-6H,1-3H3,(H,16,18)/t5-,6?/m0/s1. The largest absolute Gasteiger partial charge is 0.380 e. The van der Waals surface area contributed by atoms with E-state index in [1.54, 1.807) is 13.8 Å². The molecule has 0 spiro atoms. The summed E-state index contributed by atoms with van der Waals surface area (Å²) in [5.41, 5.74) is -1.20. The number of nitrogens with zero attached hydrogens (tertiary/aromatic N) is 1. The lowest BCUT2D eigenvalue weighted by Gasteiger charge is -2.20. The van der Waals surface area contributed by atoms with E-state index in [9.17, 15) is 19.3 Å². The van der Waals surface area contributed by atoms with Gasteiger partial charge in [0.1, 0.15) is 10.8 Å². The number of hydrogen-bond acceptors (Lipinski definition) is 4. The van der Waals surface area contributed by atoms with Crippen LogP contribution < -0.4 is 5.32 Å². The minimum atomic E-state index is -1.09. The van der Waals surface area contributed by atoms with Crippen molar-refractivity contribution in [3.63, 3.8) is 0 Å². The predicted molar refractivity (Wildman–Crippen MR) is 76.5 cm³/mol. The van der Waals surface area contributed by atoms with Gasteiger partial charge in [0.05, 0.1) is 22.6 Å². The Balaban J connectivity index is 3.20. The van der Waals surface area contributed by atoms with Crippen molar-refractivity contribution < 1.29 is 18.8 Å². The van der Waals surface area contributed by atoms with Gasteiger partial charge in [0, 0.05) is 7.11 Å².